The Morgan fingerprint density at radius 2 is 1.94 bits per heavy atom. The van der Waals surface area contributed by atoms with Crippen LogP contribution in [0, 0.1) is 5.92 Å². The molecule has 17 heavy (non-hydrogen) atoms. The van der Waals surface area contributed by atoms with Crippen molar-refractivity contribution in [3.8, 4) is 0 Å². The number of nitrogens with one attached hydrogen (secondary N) is 1. The molecule has 101 valence electrons. The van der Waals surface area contributed by atoms with E-state index in [1.165, 1.54) is 32.1 Å². The number of rotatable bonds is 6. The minimum Gasteiger partial charge on any atom is -0.394 e. The molecule has 0 aromatic rings. The van der Waals surface area contributed by atoms with Crippen LogP contribution < -0.4 is 5.32 Å². The van der Waals surface area contributed by atoms with E-state index in [9.17, 15) is 4.79 Å². The van der Waals surface area contributed by atoms with Gasteiger partial charge in [-0.05, 0) is 5.92 Å². The van der Waals surface area contributed by atoms with Gasteiger partial charge in [-0.25, -0.2) is 0 Å². The third-order valence-electron chi connectivity index (χ3n) is 2.60. The molecule has 0 spiro atoms. The van der Waals surface area contributed by atoms with E-state index in [-0.39, 0.29) is 25.2 Å². The van der Waals surface area contributed by atoms with Crippen LogP contribution in [0.5, 0.6) is 0 Å². The van der Waals surface area contributed by atoms with Crippen molar-refractivity contribution in [1.82, 2.24) is 5.32 Å². The van der Waals surface area contributed by atoms with Crippen LogP contribution in [0.2, 0.25) is 0 Å². The molecule has 1 amide bonds. The monoisotopic (exact) mass is 282 g/mol. The summed E-state index contributed by atoms with van der Waals surface area (Å²) in [7, 11) is 0. The summed E-state index contributed by atoms with van der Waals surface area (Å²) in [6, 6.07) is 0. The van der Waals surface area contributed by atoms with Gasteiger partial charge in [0.1, 0.15) is 0 Å². The van der Waals surface area contributed by atoms with Crippen LogP contribution in [0.25, 0.3) is 0 Å². The Morgan fingerprint density at radius 1 is 1.29 bits per heavy atom. The first-order valence-corrected chi connectivity index (χ1v) is 6.17. The molecule has 5 heteroatoms. The second kappa shape index (κ2) is 16.0. The standard InChI is InChI=1S/C7H14.C5H11NO3.V/c1-7-5-3-2-4-6-7;7-2-4-9-3-1-6-5-8;/h7H,2-6H2,1H3;5,7H,1-4H2,(H,6,8);. The van der Waals surface area contributed by atoms with E-state index in [1.54, 1.807) is 0 Å². The molecule has 0 atom stereocenters. The van der Waals surface area contributed by atoms with Crippen LogP contribution in [0.4, 0.5) is 0 Å². The molecule has 0 aromatic carbocycles. The fraction of sp³-hybridized carbons (Fsp3) is 0.917. The molecule has 1 aliphatic carbocycles. The number of carbonyl (C=O) groups is 1. The number of ether oxygens (including phenoxy) is 1. The van der Waals surface area contributed by atoms with Crippen LogP contribution in [-0.4, -0.2) is 37.9 Å². The average Bonchev–Trinajstić information content (AvgIpc) is 2.31. The molecule has 0 bridgehead atoms. The molecule has 4 nitrogen and oxygen atoms in total. The number of hydrogen-bond donors (Lipinski definition) is 2. The fourth-order valence-corrected chi connectivity index (χ4v) is 1.66. The minimum atomic E-state index is 0. The Balaban J connectivity index is 0. The largest absolute Gasteiger partial charge is 0.394 e. The van der Waals surface area contributed by atoms with Crippen LogP contribution >= 0.6 is 0 Å². The first-order valence-electron chi connectivity index (χ1n) is 6.17. The van der Waals surface area contributed by atoms with E-state index in [0.29, 0.717) is 26.2 Å². The predicted molar refractivity (Wildman–Crippen MR) is 64.2 cm³/mol. The van der Waals surface area contributed by atoms with Crippen molar-refractivity contribution < 1.29 is 33.2 Å². The number of aliphatic hydroxyl groups is 1. The molecule has 1 fully saturated rings. The van der Waals surface area contributed by atoms with E-state index in [2.05, 4.69) is 12.2 Å². The van der Waals surface area contributed by atoms with Crippen LogP contribution in [0.15, 0.2) is 0 Å². The molecule has 0 aromatic heterocycles. The zero-order chi connectivity index (χ0) is 12.1. The number of aliphatic hydroxyl groups excluding tert-OH is 1. The van der Waals surface area contributed by atoms with Crippen molar-refractivity contribution in [2.75, 3.05) is 26.4 Å². The minimum absolute atomic E-state index is 0. The maximum Gasteiger partial charge on any atom is 0.207 e. The number of hydrogen-bond acceptors (Lipinski definition) is 3. The summed E-state index contributed by atoms with van der Waals surface area (Å²) in [5, 5.41) is 10.6. The van der Waals surface area contributed by atoms with Gasteiger partial charge in [0.05, 0.1) is 19.8 Å². The second-order valence-corrected chi connectivity index (χ2v) is 4.15. The van der Waals surface area contributed by atoms with Crippen molar-refractivity contribution in [3.63, 3.8) is 0 Å². The SMILES string of the molecule is CC1CCCCC1.O=CNCCOCCO.[V]. The Bertz CT molecular complexity index is 153. The summed E-state index contributed by atoms with van der Waals surface area (Å²) < 4.78 is 4.81. The molecule has 1 aliphatic rings. The molecule has 0 heterocycles. The summed E-state index contributed by atoms with van der Waals surface area (Å²) in [6.07, 6.45) is 8.05. The fourth-order valence-electron chi connectivity index (χ4n) is 1.66. The second-order valence-electron chi connectivity index (χ2n) is 4.15. The van der Waals surface area contributed by atoms with Crippen molar-refractivity contribution in [3.05, 3.63) is 0 Å². The van der Waals surface area contributed by atoms with Gasteiger partial charge in [-0.1, -0.05) is 39.0 Å². The molecule has 1 radical (unpaired) electrons. The van der Waals surface area contributed by atoms with Crippen molar-refractivity contribution in [1.29, 1.82) is 0 Å². The van der Waals surface area contributed by atoms with E-state index >= 15 is 0 Å². The van der Waals surface area contributed by atoms with Gasteiger partial charge in [0.15, 0.2) is 0 Å². The molecular weight excluding hydrogens is 257 g/mol. The summed E-state index contributed by atoms with van der Waals surface area (Å²) in [5.41, 5.74) is 0. The molecule has 0 aliphatic heterocycles. The Hall–Kier alpha value is -0.0256. The molecular formula is C12H25NO3V. The van der Waals surface area contributed by atoms with Crippen molar-refractivity contribution in [2.24, 2.45) is 5.92 Å². The smallest absolute Gasteiger partial charge is 0.207 e. The zero-order valence-electron chi connectivity index (χ0n) is 10.7. The van der Waals surface area contributed by atoms with Crippen molar-refractivity contribution >= 4 is 6.41 Å². The van der Waals surface area contributed by atoms with E-state index < -0.39 is 0 Å². The Kier molecular flexibility index (Phi) is 18.2. The Morgan fingerprint density at radius 3 is 2.35 bits per heavy atom. The average molecular weight is 282 g/mol. The third-order valence-corrected chi connectivity index (χ3v) is 2.60. The number of amides is 1. The van der Waals surface area contributed by atoms with Gasteiger partial charge >= 0.3 is 0 Å². The van der Waals surface area contributed by atoms with Gasteiger partial charge in [0.25, 0.3) is 0 Å². The van der Waals surface area contributed by atoms with Crippen LogP contribution in [0.1, 0.15) is 39.0 Å². The van der Waals surface area contributed by atoms with Crippen molar-refractivity contribution in [2.45, 2.75) is 39.0 Å². The van der Waals surface area contributed by atoms with Gasteiger partial charge in [-0.2, -0.15) is 0 Å². The molecule has 1 saturated carbocycles. The molecule has 0 unspecified atom stereocenters. The van der Waals surface area contributed by atoms with Gasteiger partial charge in [-0.15, -0.1) is 0 Å². The number of carbonyl (C=O) groups excluding carboxylic acids is 1. The van der Waals surface area contributed by atoms with Crippen LogP contribution in [0.3, 0.4) is 0 Å². The maximum absolute atomic E-state index is 9.62. The van der Waals surface area contributed by atoms with Gasteiger partial charge in [0, 0.05) is 25.1 Å². The first kappa shape index (κ1) is 19.3. The van der Waals surface area contributed by atoms with E-state index in [4.69, 9.17) is 9.84 Å². The topological polar surface area (TPSA) is 58.6 Å². The van der Waals surface area contributed by atoms with Crippen LogP contribution in [-0.2, 0) is 28.1 Å². The van der Waals surface area contributed by atoms with Gasteiger partial charge in [0.2, 0.25) is 6.41 Å². The quantitative estimate of drug-likeness (QED) is 0.571. The summed E-state index contributed by atoms with van der Waals surface area (Å²) in [6.45, 7) is 3.68. The summed E-state index contributed by atoms with van der Waals surface area (Å²) in [4.78, 5) is 9.62. The first-order chi connectivity index (χ1) is 7.81. The normalized spacial score (nSPS) is 15.2. The summed E-state index contributed by atoms with van der Waals surface area (Å²) >= 11 is 0. The third kappa shape index (κ3) is 16.0. The molecule has 2 N–H and O–H groups in total. The predicted octanol–water partition coefficient (Wildman–Crippen LogP) is 1.33. The molecule has 0 saturated heterocycles. The maximum atomic E-state index is 9.62. The van der Waals surface area contributed by atoms with Gasteiger partial charge < -0.3 is 15.2 Å². The molecule has 1 rings (SSSR count). The zero-order valence-corrected chi connectivity index (χ0v) is 12.1. The van der Waals surface area contributed by atoms with E-state index in [0.717, 1.165) is 5.92 Å². The van der Waals surface area contributed by atoms with E-state index in [1.807, 2.05) is 0 Å². The van der Waals surface area contributed by atoms with Gasteiger partial charge in [-0.3, -0.25) is 4.79 Å². The Labute approximate surface area is 116 Å². The summed E-state index contributed by atoms with van der Waals surface area (Å²) in [5.74, 6) is 1.04.